The zero-order valence-corrected chi connectivity index (χ0v) is 15.1. The van der Waals surface area contributed by atoms with E-state index in [1.54, 1.807) is 34.2 Å². The summed E-state index contributed by atoms with van der Waals surface area (Å²) in [5.41, 5.74) is 1.94. The lowest BCUT2D eigenvalue weighted by Crippen LogP contribution is -2.22. The standard InChI is InChI=1S/C19H18N2OS2/c1-3-12-21-18(22)16-6-4-5-7-17(16)20-19(21)24-13-14-8-10-15(23-2)11-9-14/h3-11H,1,12-13H2,2H3. The van der Waals surface area contributed by atoms with E-state index in [1.165, 1.54) is 10.5 Å². The first kappa shape index (κ1) is 16.9. The summed E-state index contributed by atoms with van der Waals surface area (Å²) in [6, 6.07) is 15.9. The molecule has 0 N–H and O–H groups in total. The first-order chi connectivity index (χ1) is 11.7. The highest BCUT2D eigenvalue weighted by atomic mass is 32.2. The zero-order valence-electron chi connectivity index (χ0n) is 13.4. The van der Waals surface area contributed by atoms with E-state index < -0.39 is 0 Å². The van der Waals surface area contributed by atoms with Gasteiger partial charge < -0.3 is 0 Å². The van der Waals surface area contributed by atoms with Gasteiger partial charge in [0.2, 0.25) is 0 Å². The Bertz CT molecular complexity index is 917. The molecule has 0 aliphatic heterocycles. The molecule has 122 valence electrons. The minimum Gasteiger partial charge on any atom is -0.283 e. The van der Waals surface area contributed by atoms with Crippen molar-refractivity contribution in [1.82, 2.24) is 9.55 Å². The first-order valence-corrected chi connectivity index (χ1v) is 9.80. The highest BCUT2D eigenvalue weighted by molar-refractivity contribution is 7.98. The van der Waals surface area contributed by atoms with E-state index >= 15 is 0 Å². The summed E-state index contributed by atoms with van der Waals surface area (Å²) in [5.74, 6) is 0.774. The van der Waals surface area contributed by atoms with E-state index in [2.05, 4.69) is 42.1 Å². The molecule has 0 saturated heterocycles. The molecule has 5 heteroatoms. The molecule has 0 atom stereocenters. The van der Waals surface area contributed by atoms with Gasteiger partial charge >= 0.3 is 0 Å². The topological polar surface area (TPSA) is 34.9 Å². The monoisotopic (exact) mass is 354 g/mol. The van der Waals surface area contributed by atoms with Gasteiger partial charge in [-0.25, -0.2) is 4.98 Å². The SMILES string of the molecule is C=CCn1c(SCc2ccc(SC)cc2)nc2ccccc2c1=O. The van der Waals surface area contributed by atoms with Gasteiger partial charge in [0.1, 0.15) is 0 Å². The molecule has 0 amide bonds. The number of rotatable bonds is 6. The minimum atomic E-state index is -0.0132. The van der Waals surface area contributed by atoms with Crippen LogP contribution in [-0.4, -0.2) is 15.8 Å². The second-order valence-corrected chi connectivity index (χ2v) is 7.07. The second-order valence-electron chi connectivity index (χ2n) is 5.25. The molecular weight excluding hydrogens is 336 g/mol. The number of fused-ring (bicyclic) bond motifs is 1. The van der Waals surface area contributed by atoms with Crippen LogP contribution in [-0.2, 0) is 12.3 Å². The van der Waals surface area contributed by atoms with Crippen LogP contribution >= 0.6 is 23.5 Å². The highest BCUT2D eigenvalue weighted by Gasteiger charge is 2.10. The van der Waals surface area contributed by atoms with Gasteiger partial charge in [-0.2, -0.15) is 0 Å². The summed E-state index contributed by atoms with van der Waals surface area (Å²) in [4.78, 5) is 18.6. The van der Waals surface area contributed by atoms with Gasteiger partial charge in [0.05, 0.1) is 10.9 Å². The molecule has 3 nitrogen and oxygen atoms in total. The molecule has 1 aromatic heterocycles. The fourth-order valence-corrected chi connectivity index (χ4v) is 3.79. The van der Waals surface area contributed by atoms with Crippen molar-refractivity contribution in [2.75, 3.05) is 6.26 Å². The molecule has 0 radical (unpaired) electrons. The van der Waals surface area contributed by atoms with Crippen molar-refractivity contribution in [3.05, 3.63) is 77.1 Å². The molecule has 0 aliphatic carbocycles. The van der Waals surface area contributed by atoms with Crippen LogP contribution < -0.4 is 5.56 Å². The van der Waals surface area contributed by atoms with E-state index in [0.29, 0.717) is 11.9 Å². The smallest absolute Gasteiger partial charge is 0.262 e. The normalized spacial score (nSPS) is 10.9. The molecule has 0 saturated carbocycles. The summed E-state index contributed by atoms with van der Waals surface area (Å²) in [6.45, 7) is 4.22. The van der Waals surface area contributed by atoms with Crippen molar-refractivity contribution < 1.29 is 0 Å². The Morgan fingerprint density at radius 1 is 1.17 bits per heavy atom. The van der Waals surface area contributed by atoms with Crippen molar-refractivity contribution in [1.29, 1.82) is 0 Å². The molecule has 2 aromatic carbocycles. The van der Waals surface area contributed by atoms with E-state index in [-0.39, 0.29) is 5.56 Å². The fourth-order valence-electron chi connectivity index (χ4n) is 2.42. The van der Waals surface area contributed by atoms with Crippen molar-refractivity contribution >= 4 is 34.4 Å². The highest BCUT2D eigenvalue weighted by Crippen LogP contribution is 2.23. The Morgan fingerprint density at radius 3 is 2.62 bits per heavy atom. The number of hydrogen-bond donors (Lipinski definition) is 0. The number of nitrogens with zero attached hydrogens (tertiary/aromatic N) is 2. The molecule has 3 rings (SSSR count). The quantitative estimate of drug-likeness (QED) is 0.368. The maximum absolute atomic E-state index is 12.7. The summed E-state index contributed by atoms with van der Waals surface area (Å²) in [5, 5.41) is 1.38. The fraction of sp³-hybridized carbons (Fsp3) is 0.158. The van der Waals surface area contributed by atoms with Crippen LogP contribution in [0.15, 0.2) is 76.0 Å². The third-order valence-electron chi connectivity index (χ3n) is 3.67. The predicted molar refractivity (Wildman–Crippen MR) is 104 cm³/mol. The third-order valence-corrected chi connectivity index (χ3v) is 5.46. The van der Waals surface area contributed by atoms with Gasteiger partial charge in [-0.05, 0) is 36.1 Å². The summed E-state index contributed by atoms with van der Waals surface area (Å²) in [7, 11) is 0. The Morgan fingerprint density at radius 2 is 1.92 bits per heavy atom. The van der Waals surface area contributed by atoms with Crippen LogP contribution in [0.5, 0.6) is 0 Å². The van der Waals surface area contributed by atoms with Crippen molar-refractivity contribution in [3.8, 4) is 0 Å². The van der Waals surface area contributed by atoms with Crippen LogP contribution in [0.25, 0.3) is 10.9 Å². The maximum atomic E-state index is 12.7. The molecule has 3 aromatic rings. The van der Waals surface area contributed by atoms with Crippen molar-refractivity contribution in [2.45, 2.75) is 22.3 Å². The Labute approximate surface area is 149 Å². The number of aromatic nitrogens is 2. The molecule has 1 heterocycles. The molecule has 24 heavy (non-hydrogen) atoms. The molecule has 0 aliphatic rings. The summed E-state index contributed by atoms with van der Waals surface area (Å²) in [6.07, 6.45) is 3.80. The average molecular weight is 355 g/mol. The number of allylic oxidation sites excluding steroid dienone is 1. The van der Waals surface area contributed by atoms with Gasteiger partial charge in [0, 0.05) is 17.2 Å². The van der Waals surface area contributed by atoms with Gasteiger partial charge in [-0.1, -0.05) is 42.1 Å². The Hall–Kier alpha value is -1.98. The van der Waals surface area contributed by atoms with E-state index in [1.807, 2.05) is 24.3 Å². The zero-order chi connectivity index (χ0) is 16.9. The minimum absolute atomic E-state index is 0.0132. The van der Waals surface area contributed by atoms with Gasteiger partial charge in [0.25, 0.3) is 5.56 Å². The van der Waals surface area contributed by atoms with Crippen LogP contribution in [0.2, 0.25) is 0 Å². The average Bonchev–Trinajstić information content (AvgIpc) is 2.63. The van der Waals surface area contributed by atoms with Crippen LogP contribution in [0.1, 0.15) is 5.56 Å². The van der Waals surface area contributed by atoms with E-state index in [4.69, 9.17) is 0 Å². The lowest BCUT2D eigenvalue weighted by molar-refractivity contribution is 0.671. The number of para-hydroxylation sites is 1. The Balaban J connectivity index is 1.93. The summed E-state index contributed by atoms with van der Waals surface area (Å²) < 4.78 is 1.69. The molecule has 0 bridgehead atoms. The molecular formula is C19H18N2OS2. The number of benzene rings is 2. The van der Waals surface area contributed by atoms with Crippen LogP contribution in [0, 0.1) is 0 Å². The lowest BCUT2D eigenvalue weighted by Gasteiger charge is -2.11. The van der Waals surface area contributed by atoms with Gasteiger partial charge in [0.15, 0.2) is 5.16 Å². The van der Waals surface area contributed by atoms with Crippen LogP contribution in [0.4, 0.5) is 0 Å². The third kappa shape index (κ3) is 3.57. The van der Waals surface area contributed by atoms with Crippen LogP contribution in [0.3, 0.4) is 0 Å². The van der Waals surface area contributed by atoms with E-state index in [9.17, 15) is 4.79 Å². The largest absolute Gasteiger partial charge is 0.283 e. The van der Waals surface area contributed by atoms with Gasteiger partial charge in [-0.3, -0.25) is 9.36 Å². The van der Waals surface area contributed by atoms with Gasteiger partial charge in [-0.15, -0.1) is 18.3 Å². The second kappa shape index (κ2) is 7.73. The Kier molecular flexibility index (Phi) is 5.43. The van der Waals surface area contributed by atoms with Crippen molar-refractivity contribution in [3.63, 3.8) is 0 Å². The van der Waals surface area contributed by atoms with E-state index in [0.717, 1.165) is 16.4 Å². The van der Waals surface area contributed by atoms with Crippen molar-refractivity contribution in [2.24, 2.45) is 0 Å². The lowest BCUT2D eigenvalue weighted by atomic mass is 10.2. The maximum Gasteiger partial charge on any atom is 0.262 e. The predicted octanol–water partition coefficient (Wildman–Crippen LogP) is 4.60. The first-order valence-electron chi connectivity index (χ1n) is 7.59. The number of thioether (sulfide) groups is 2. The molecule has 0 unspecified atom stereocenters. The number of hydrogen-bond acceptors (Lipinski definition) is 4. The molecule has 0 spiro atoms. The molecule has 0 fully saturated rings. The summed E-state index contributed by atoms with van der Waals surface area (Å²) >= 11 is 3.31.